The zero-order valence-electron chi connectivity index (χ0n) is 16.0. The molecule has 1 amide bonds. The van der Waals surface area contributed by atoms with E-state index >= 15 is 0 Å². The van der Waals surface area contributed by atoms with Gasteiger partial charge in [0.15, 0.2) is 0 Å². The number of nitrogens with one attached hydrogen (secondary N) is 1. The lowest BCUT2D eigenvalue weighted by molar-refractivity contribution is 0.0284. The molecule has 138 valence electrons. The van der Waals surface area contributed by atoms with E-state index in [0.29, 0.717) is 11.8 Å². The molecule has 4 heteroatoms. The number of carbonyl (C=O) groups excluding carboxylic acids is 1. The van der Waals surface area contributed by atoms with Gasteiger partial charge in [-0.05, 0) is 51.5 Å². The molecule has 1 aliphatic rings. The molecule has 2 atom stereocenters. The number of benzene rings is 1. The number of nitrogens with zero attached hydrogens (tertiary/aromatic N) is 1. The van der Waals surface area contributed by atoms with Crippen molar-refractivity contribution in [3.8, 4) is 0 Å². The summed E-state index contributed by atoms with van der Waals surface area (Å²) in [5, 5.41) is 3.47. The number of likely N-dealkylation sites (tertiary alicyclic amines) is 1. The zero-order chi connectivity index (χ0) is 18.4. The molecule has 0 saturated carbocycles. The second-order valence-corrected chi connectivity index (χ2v) is 8.18. The molecule has 0 aromatic heterocycles. The van der Waals surface area contributed by atoms with E-state index in [9.17, 15) is 4.79 Å². The third-order valence-corrected chi connectivity index (χ3v) is 4.40. The topological polar surface area (TPSA) is 41.6 Å². The molecular weight excluding hydrogens is 312 g/mol. The summed E-state index contributed by atoms with van der Waals surface area (Å²) < 4.78 is 5.56. The molecule has 4 nitrogen and oxygen atoms in total. The smallest absolute Gasteiger partial charge is 0.410 e. The summed E-state index contributed by atoms with van der Waals surface area (Å²) in [7, 11) is 0. The van der Waals surface area contributed by atoms with E-state index < -0.39 is 5.60 Å². The molecule has 0 radical (unpaired) electrons. The maximum absolute atomic E-state index is 12.5. The van der Waals surface area contributed by atoms with Crippen LogP contribution in [0.15, 0.2) is 42.5 Å². The first-order chi connectivity index (χ1) is 11.7. The first-order valence-electron chi connectivity index (χ1n) is 9.11. The lowest BCUT2D eigenvalue weighted by Gasteiger charge is -2.24. The van der Waals surface area contributed by atoms with E-state index in [4.69, 9.17) is 4.74 Å². The molecule has 0 spiro atoms. The summed E-state index contributed by atoms with van der Waals surface area (Å²) >= 11 is 0. The Morgan fingerprint density at radius 1 is 1.24 bits per heavy atom. The monoisotopic (exact) mass is 344 g/mol. The van der Waals surface area contributed by atoms with E-state index in [1.54, 1.807) is 0 Å². The van der Waals surface area contributed by atoms with Crippen molar-refractivity contribution in [2.75, 3.05) is 26.2 Å². The van der Waals surface area contributed by atoms with Crippen molar-refractivity contribution < 1.29 is 9.53 Å². The predicted molar refractivity (Wildman–Crippen MR) is 103 cm³/mol. The first-order valence-corrected chi connectivity index (χ1v) is 9.11. The van der Waals surface area contributed by atoms with Gasteiger partial charge in [0.05, 0.1) is 0 Å². The predicted octanol–water partition coefficient (Wildman–Crippen LogP) is 3.88. The number of carbonyl (C=O) groups is 1. The van der Waals surface area contributed by atoms with Crippen LogP contribution in [0.1, 0.15) is 33.3 Å². The normalized spacial score (nSPS) is 20.6. The van der Waals surface area contributed by atoms with Gasteiger partial charge in [-0.15, -0.1) is 0 Å². The van der Waals surface area contributed by atoms with Crippen LogP contribution in [0.5, 0.6) is 0 Å². The minimum Gasteiger partial charge on any atom is -0.444 e. The average Bonchev–Trinajstić information content (AvgIpc) is 2.89. The van der Waals surface area contributed by atoms with Crippen LogP contribution in [0.4, 0.5) is 4.79 Å². The van der Waals surface area contributed by atoms with Crippen LogP contribution < -0.4 is 5.32 Å². The van der Waals surface area contributed by atoms with E-state index in [1.165, 1.54) is 5.56 Å². The Morgan fingerprint density at radius 3 is 2.48 bits per heavy atom. The second-order valence-electron chi connectivity index (χ2n) is 8.18. The van der Waals surface area contributed by atoms with E-state index in [0.717, 1.165) is 38.2 Å². The Bertz CT molecular complexity index is 577. The molecule has 0 bridgehead atoms. The van der Waals surface area contributed by atoms with Crippen molar-refractivity contribution in [2.24, 2.45) is 11.8 Å². The van der Waals surface area contributed by atoms with Gasteiger partial charge in [-0.3, -0.25) is 0 Å². The lowest BCUT2D eigenvalue weighted by atomic mass is 9.89. The Balaban J connectivity index is 2.01. The Kier molecular flexibility index (Phi) is 6.65. The third kappa shape index (κ3) is 6.54. The van der Waals surface area contributed by atoms with Crippen LogP contribution in [-0.2, 0) is 11.2 Å². The molecule has 1 aromatic carbocycles. The Labute approximate surface area is 152 Å². The van der Waals surface area contributed by atoms with Crippen LogP contribution in [0, 0.1) is 11.8 Å². The van der Waals surface area contributed by atoms with Crippen molar-refractivity contribution in [1.82, 2.24) is 10.2 Å². The fourth-order valence-corrected chi connectivity index (χ4v) is 3.26. The van der Waals surface area contributed by atoms with Gasteiger partial charge < -0.3 is 15.0 Å². The highest BCUT2D eigenvalue weighted by atomic mass is 16.6. The summed E-state index contributed by atoms with van der Waals surface area (Å²) in [5.74, 6) is 0.861. The van der Waals surface area contributed by atoms with Gasteiger partial charge in [0, 0.05) is 26.2 Å². The van der Waals surface area contributed by atoms with E-state index in [1.807, 2.05) is 38.7 Å². The van der Waals surface area contributed by atoms with Crippen LogP contribution in [0.2, 0.25) is 0 Å². The average molecular weight is 344 g/mol. The van der Waals surface area contributed by atoms with Gasteiger partial charge in [-0.1, -0.05) is 42.5 Å². The van der Waals surface area contributed by atoms with Crippen LogP contribution in [-0.4, -0.2) is 42.8 Å². The van der Waals surface area contributed by atoms with Gasteiger partial charge in [-0.25, -0.2) is 4.79 Å². The quantitative estimate of drug-likeness (QED) is 0.796. The number of ether oxygens (including phenoxy) is 1. The molecule has 1 heterocycles. The number of hydrogen-bond acceptors (Lipinski definition) is 3. The number of rotatable bonds is 6. The zero-order valence-corrected chi connectivity index (χ0v) is 16.0. The highest BCUT2D eigenvalue weighted by Gasteiger charge is 2.36. The third-order valence-electron chi connectivity index (χ3n) is 4.40. The molecule has 0 aliphatic carbocycles. The van der Waals surface area contributed by atoms with E-state index in [-0.39, 0.29) is 6.09 Å². The Morgan fingerprint density at radius 2 is 1.88 bits per heavy atom. The minimum atomic E-state index is -0.456. The number of amides is 1. The van der Waals surface area contributed by atoms with Gasteiger partial charge in [0.25, 0.3) is 0 Å². The molecule has 1 aromatic rings. The summed E-state index contributed by atoms with van der Waals surface area (Å²) in [6.07, 6.45) is 0.785. The minimum absolute atomic E-state index is 0.201. The second kappa shape index (κ2) is 8.52. The standard InChI is InChI=1S/C21H32N2O2/c1-16(2)12-22-13-19-15-23(20(24)25-21(3,4)5)14-18(19)11-17-9-7-6-8-10-17/h6-10,18-19,22H,1,11-15H2,2-5H3. The van der Waals surface area contributed by atoms with Crippen molar-refractivity contribution in [2.45, 2.75) is 39.7 Å². The molecule has 2 rings (SSSR count). The van der Waals surface area contributed by atoms with Gasteiger partial charge >= 0.3 is 6.09 Å². The summed E-state index contributed by atoms with van der Waals surface area (Å²) in [6, 6.07) is 10.5. The highest BCUT2D eigenvalue weighted by Crippen LogP contribution is 2.28. The first kappa shape index (κ1) is 19.5. The van der Waals surface area contributed by atoms with Crippen LogP contribution >= 0.6 is 0 Å². The molecular formula is C21H32N2O2. The summed E-state index contributed by atoms with van der Waals surface area (Å²) in [5.41, 5.74) is 1.99. The fourth-order valence-electron chi connectivity index (χ4n) is 3.26. The Hall–Kier alpha value is -1.81. The molecule has 25 heavy (non-hydrogen) atoms. The van der Waals surface area contributed by atoms with Gasteiger partial charge in [0.1, 0.15) is 5.60 Å². The van der Waals surface area contributed by atoms with Crippen LogP contribution in [0.3, 0.4) is 0 Å². The van der Waals surface area contributed by atoms with Crippen molar-refractivity contribution in [3.63, 3.8) is 0 Å². The lowest BCUT2D eigenvalue weighted by Crippen LogP contribution is -2.36. The van der Waals surface area contributed by atoms with Crippen molar-refractivity contribution >= 4 is 6.09 Å². The molecule has 1 N–H and O–H groups in total. The maximum atomic E-state index is 12.5. The maximum Gasteiger partial charge on any atom is 0.410 e. The van der Waals surface area contributed by atoms with Crippen molar-refractivity contribution in [3.05, 3.63) is 48.0 Å². The van der Waals surface area contributed by atoms with Gasteiger partial charge in [-0.2, -0.15) is 0 Å². The molecule has 1 fully saturated rings. The molecule has 1 aliphatic heterocycles. The summed E-state index contributed by atoms with van der Waals surface area (Å²) in [4.78, 5) is 14.3. The summed E-state index contributed by atoms with van der Waals surface area (Å²) in [6.45, 7) is 14.9. The van der Waals surface area contributed by atoms with Crippen LogP contribution in [0.25, 0.3) is 0 Å². The fraction of sp³-hybridized carbons (Fsp3) is 0.571. The van der Waals surface area contributed by atoms with Gasteiger partial charge in [0.2, 0.25) is 0 Å². The highest BCUT2D eigenvalue weighted by molar-refractivity contribution is 5.68. The molecule has 2 unspecified atom stereocenters. The number of hydrogen-bond donors (Lipinski definition) is 1. The molecule has 1 saturated heterocycles. The largest absolute Gasteiger partial charge is 0.444 e. The van der Waals surface area contributed by atoms with E-state index in [2.05, 4.69) is 36.2 Å². The van der Waals surface area contributed by atoms with Crippen molar-refractivity contribution in [1.29, 1.82) is 0 Å². The SMILES string of the molecule is C=C(C)CNCC1CN(C(=O)OC(C)(C)C)CC1Cc1ccccc1.